The molecule has 5 heteroatoms. The van der Waals surface area contributed by atoms with E-state index in [2.05, 4.69) is 86.6 Å². The first kappa shape index (κ1) is 22.2. The van der Waals surface area contributed by atoms with Gasteiger partial charge in [0.15, 0.2) is 0 Å². The van der Waals surface area contributed by atoms with Crippen molar-refractivity contribution in [3.05, 3.63) is 102 Å². The van der Waals surface area contributed by atoms with E-state index in [0.717, 1.165) is 34.3 Å². The second-order valence-electron chi connectivity index (χ2n) is 8.12. The van der Waals surface area contributed by atoms with Crippen LogP contribution in [-0.2, 0) is 20.1 Å². The minimum atomic E-state index is 0. The molecule has 1 aromatic heterocycles. The summed E-state index contributed by atoms with van der Waals surface area (Å²) in [5.41, 5.74) is 8.85. The average Bonchev–Trinajstić information content (AvgIpc) is 3.13. The van der Waals surface area contributed by atoms with Gasteiger partial charge in [0.2, 0.25) is 0 Å². The Balaban J connectivity index is 0.00000245. The van der Waals surface area contributed by atoms with Crippen molar-refractivity contribution < 1.29 is 20.1 Å². The number of nitrogens with zero attached hydrogens (tertiary/aromatic N) is 4. The topological polar surface area (TPSA) is 32.3 Å². The summed E-state index contributed by atoms with van der Waals surface area (Å²) in [4.78, 5) is 14.2. The van der Waals surface area contributed by atoms with E-state index in [9.17, 15) is 0 Å². The molecule has 5 rings (SSSR count). The van der Waals surface area contributed by atoms with Gasteiger partial charge in [0.1, 0.15) is 11.6 Å². The van der Waals surface area contributed by atoms with Crippen LogP contribution in [0.15, 0.2) is 66.9 Å². The standard InChI is InChI=1S/C27H24N4.Ir/c1-18-13-19(2)15-23(14-18)31-17-30(22-11-6-5-7-12-22)27-26(31)28-16-24(29-27)25-20(3)9-8-10-21(25)4;/h5-11,13-17H,1-4H3;/q-2;. The molecule has 32 heavy (non-hydrogen) atoms. The van der Waals surface area contributed by atoms with Gasteiger partial charge in [-0.1, -0.05) is 24.3 Å². The van der Waals surface area contributed by atoms with E-state index in [1.54, 1.807) is 0 Å². The molecular weight excluding hydrogens is 573 g/mol. The molecule has 0 bridgehead atoms. The first-order chi connectivity index (χ1) is 15.0. The van der Waals surface area contributed by atoms with E-state index in [4.69, 9.17) is 9.97 Å². The molecule has 0 saturated heterocycles. The van der Waals surface area contributed by atoms with Crippen molar-refractivity contribution in [1.82, 2.24) is 9.97 Å². The fourth-order valence-corrected chi connectivity index (χ4v) is 4.26. The maximum Gasteiger partial charge on any atom is 0.145 e. The molecule has 4 aromatic rings. The maximum atomic E-state index is 5.09. The van der Waals surface area contributed by atoms with Crippen LogP contribution in [0, 0.1) is 40.4 Å². The van der Waals surface area contributed by atoms with Crippen molar-refractivity contribution in [1.29, 1.82) is 0 Å². The summed E-state index contributed by atoms with van der Waals surface area (Å²) >= 11 is 0. The molecule has 0 spiro atoms. The minimum absolute atomic E-state index is 0. The van der Waals surface area contributed by atoms with Crippen LogP contribution < -0.4 is 9.80 Å². The van der Waals surface area contributed by atoms with Crippen molar-refractivity contribution in [3.63, 3.8) is 0 Å². The Hall–Kier alpha value is -3.01. The molecule has 0 atom stereocenters. The average molecular weight is 597 g/mol. The van der Waals surface area contributed by atoms with Gasteiger partial charge in [-0.15, -0.1) is 12.4 Å². The Morgan fingerprint density at radius 3 is 2.19 bits per heavy atom. The summed E-state index contributed by atoms with van der Waals surface area (Å²) in [6, 6.07) is 24.1. The third-order valence-electron chi connectivity index (χ3n) is 5.60. The molecule has 2 heterocycles. The first-order valence-electron chi connectivity index (χ1n) is 10.4. The molecule has 3 aromatic carbocycles. The Kier molecular flexibility index (Phi) is 6.14. The number of benzene rings is 3. The van der Waals surface area contributed by atoms with Gasteiger partial charge in [-0.2, -0.15) is 30.3 Å². The van der Waals surface area contributed by atoms with E-state index in [-0.39, 0.29) is 20.1 Å². The predicted molar refractivity (Wildman–Crippen MR) is 127 cm³/mol. The monoisotopic (exact) mass is 597 g/mol. The largest absolute Gasteiger partial charge is 0.477 e. The van der Waals surface area contributed by atoms with E-state index in [1.165, 1.54) is 22.3 Å². The summed E-state index contributed by atoms with van der Waals surface area (Å²) < 4.78 is 0. The van der Waals surface area contributed by atoms with Gasteiger partial charge in [-0.25, -0.2) is 9.97 Å². The number of aromatic nitrogens is 2. The maximum absolute atomic E-state index is 5.09. The molecular formula is C27H24IrN4-2. The van der Waals surface area contributed by atoms with Gasteiger partial charge in [0.25, 0.3) is 0 Å². The molecule has 0 amide bonds. The number of fused-ring (bicyclic) bond motifs is 1. The molecule has 1 aliphatic heterocycles. The number of anilines is 4. The number of hydrogen-bond acceptors (Lipinski definition) is 4. The zero-order valence-electron chi connectivity index (χ0n) is 18.6. The summed E-state index contributed by atoms with van der Waals surface area (Å²) in [6.45, 7) is 10.5. The van der Waals surface area contributed by atoms with Gasteiger partial charge in [-0.3, -0.25) is 0 Å². The molecule has 1 radical (unpaired) electrons. The smallest absolute Gasteiger partial charge is 0.145 e. The number of aryl methyl sites for hydroxylation is 4. The van der Waals surface area contributed by atoms with Crippen LogP contribution in [0.1, 0.15) is 22.3 Å². The van der Waals surface area contributed by atoms with Crippen LogP contribution >= 0.6 is 0 Å². The van der Waals surface area contributed by atoms with E-state index >= 15 is 0 Å². The van der Waals surface area contributed by atoms with Gasteiger partial charge < -0.3 is 9.80 Å². The van der Waals surface area contributed by atoms with Crippen LogP contribution in [-0.4, -0.2) is 9.97 Å². The third kappa shape index (κ3) is 3.94. The van der Waals surface area contributed by atoms with Crippen LogP contribution in [0.4, 0.5) is 23.0 Å². The summed E-state index contributed by atoms with van der Waals surface area (Å²) in [6.07, 6.45) is 1.88. The van der Waals surface area contributed by atoms with Crippen LogP contribution in [0.5, 0.6) is 0 Å². The Bertz CT molecular complexity index is 1230. The third-order valence-corrected chi connectivity index (χ3v) is 5.60. The van der Waals surface area contributed by atoms with E-state index < -0.39 is 0 Å². The fraction of sp³-hybridized carbons (Fsp3) is 0.148. The molecule has 0 unspecified atom stereocenters. The molecule has 0 N–H and O–H groups in total. The second kappa shape index (κ2) is 8.85. The SMILES string of the molecule is Cc1cc(C)cc(N2[CH-]N(c3[c-]cccc3)c3nc(-c4c(C)cccc4C)cnc32)c1.[Ir]. The summed E-state index contributed by atoms with van der Waals surface area (Å²) in [5.74, 6) is 1.62. The van der Waals surface area contributed by atoms with Gasteiger partial charge in [-0.05, 0) is 62.1 Å². The van der Waals surface area contributed by atoms with Crippen molar-refractivity contribution in [2.75, 3.05) is 9.80 Å². The first-order valence-corrected chi connectivity index (χ1v) is 10.4. The van der Waals surface area contributed by atoms with Crippen LogP contribution in [0.2, 0.25) is 0 Å². The fourth-order valence-electron chi connectivity index (χ4n) is 4.26. The summed E-state index contributed by atoms with van der Waals surface area (Å²) in [5, 5.41) is 0. The Morgan fingerprint density at radius 1 is 0.812 bits per heavy atom. The number of para-hydroxylation sites is 1. The van der Waals surface area contributed by atoms with Crippen molar-refractivity contribution in [2.24, 2.45) is 0 Å². The van der Waals surface area contributed by atoms with Gasteiger partial charge >= 0.3 is 0 Å². The quantitative estimate of drug-likeness (QED) is 0.250. The molecule has 1 aliphatic rings. The summed E-state index contributed by atoms with van der Waals surface area (Å²) in [7, 11) is 0. The Labute approximate surface area is 203 Å². The van der Waals surface area contributed by atoms with E-state index in [0.29, 0.717) is 0 Å². The van der Waals surface area contributed by atoms with Crippen molar-refractivity contribution >= 4 is 23.0 Å². The minimum Gasteiger partial charge on any atom is -0.477 e. The number of rotatable bonds is 3. The molecule has 0 aliphatic carbocycles. The normalized spacial score (nSPS) is 12.5. The van der Waals surface area contributed by atoms with Gasteiger partial charge in [0, 0.05) is 31.4 Å². The molecule has 4 nitrogen and oxygen atoms in total. The number of hydrogen-bond donors (Lipinski definition) is 0. The van der Waals surface area contributed by atoms with E-state index in [1.807, 2.05) is 30.5 Å². The van der Waals surface area contributed by atoms with Gasteiger partial charge in [0.05, 0.1) is 11.9 Å². The van der Waals surface area contributed by atoms with Crippen LogP contribution in [0.3, 0.4) is 0 Å². The predicted octanol–water partition coefficient (Wildman–Crippen LogP) is 6.58. The van der Waals surface area contributed by atoms with Crippen molar-refractivity contribution in [2.45, 2.75) is 27.7 Å². The molecule has 163 valence electrons. The van der Waals surface area contributed by atoms with Crippen LogP contribution in [0.25, 0.3) is 11.3 Å². The second-order valence-corrected chi connectivity index (χ2v) is 8.12. The Morgan fingerprint density at radius 2 is 1.53 bits per heavy atom. The zero-order chi connectivity index (χ0) is 21.5. The van der Waals surface area contributed by atoms with Crippen molar-refractivity contribution in [3.8, 4) is 11.3 Å². The molecule has 0 saturated carbocycles. The molecule has 0 fully saturated rings. The zero-order valence-corrected chi connectivity index (χ0v) is 20.9.